The lowest BCUT2D eigenvalue weighted by Crippen LogP contribution is -2.40. The molecule has 1 spiro atoms. The highest BCUT2D eigenvalue weighted by molar-refractivity contribution is 6.12. The van der Waals surface area contributed by atoms with Gasteiger partial charge in [0.2, 0.25) is 0 Å². The van der Waals surface area contributed by atoms with Crippen molar-refractivity contribution in [2.45, 2.75) is 52.1 Å². The van der Waals surface area contributed by atoms with E-state index in [1.54, 1.807) is 6.92 Å². The Bertz CT molecular complexity index is 664. The summed E-state index contributed by atoms with van der Waals surface area (Å²) in [6.45, 7) is 5.89. The molecule has 23 heavy (non-hydrogen) atoms. The summed E-state index contributed by atoms with van der Waals surface area (Å²) in [7, 11) is 0. The molecule has 0 unspecified atom stereocenters. The van der Waals surface area contributed by atoms with Crippen molar-refractivity contribution in [2.75, 3.05) is 5.32 Å². The van der Waals surface area contributed by atoms with Gasteiger partial charge in [-0.1, -0.05) is 24.6 Å². The Morgan fingerprint density at radius 1 is 1.17 bits per heavy atom. The fourth-order valence-electron chi connectivity index (χ4n) is 3.54. The van der Waals surface area contributed by atoms with Crippen molar-refractivity contribution in [3.63, 3.8) is 0 Å². The van der Waals surface area contributed by atoms with E-state index in [2.05, 4.69) is 12.2 Å². The van der Waals surface area contributed by atoms with Gasteiger partial charge in [-0.2, -0.15) is 0 Å². The Morgan fingerprint density at radius 2 is 1.78 bits per heavy atom. The van der Waals surface area contributed by atoms with Crippen LogP contribution in [0, 0.1) is 12.8 Å². The highest BCUT2D eigenvalue weighted by Crippen LogP contribution is 2.45. The van der Waals surface area contributed by atoms with Crippen molar-refractivity contribution in [1.82, 2.24) is 0 Å². The van der Waals surface area contributed by atoms with E-state index in [4.69, 9.17) is 4.74 Å². The van der Waals surface area contributed by atoms with Crippen LogP contribution in [0.25, 0.3) is 0 Å². The Balaban J connectivity index is 1.86. The van der Waals surface area contributed by atoms with Crippen LogP contribution in [0.5, 0.6) is 0 Å². The van der Waals surface area contributed by atoms with E-state index in [9.17, 15) is 9.59 Å². The molecule has 0 atom stereocenters. The number of rotatable bonds is 2. The first kappa shape index (κ1) is 15.8. The predicted octanol–water partition coefficient (Wildman–Crippen LogP) is 3.76. The topological polar surface area (TPSA) is 55.4 Å². The van der Waals surface area contributed by atoms with Gasteiger partial charge in [0.25, 0.3) is 5.91 Å². The quantitative estimate of drug-likeness (QED) is 0.846. The van der Waals surface area contributed by atoms with Crippen LogP contribution in [-0.4, -0.2) is 17.5 Å². The Hall–Kier alpha value is -2.10. The molecule has 1 N–H and O–H groups in total. The maximum atomic E-state index is 12.8. The smallest absolute Gasteiger partial charge is 0.335 e. The van der Waals surface area contributed by atoms with Gasteiger partial charge in [0.1, 0.15) is 5.60 Å². The van der Waals surface area contributed by atoms with E-state index >= 15 is 0 Å². The van der Waals surface area contributed by atoms with Crippen molar-refractivity contribution >= 4 is 17.6 Å². The van der Waals surface area contributed by atoms with Gasteiger partial charge in [-0.25, -0.2) is 4.79 Å². The molecule has 1 saturated carbocycles. The van der Waals surface area contributed by atoms with Crippen LogP contribution in [0.3, 0.4) is 0 Å². The first-order valence-corrected chi connectivity index (χ1v) is 8.24. The van der Waals surface area contributed by atoms with Crippen molar-refractivity contribution < 1.29 is 14.3 Å². The average Bonchev–Trinajstić information content (AvgIpc) is 2.76. The third-order valence-electron chi connectivity index (χ3n) is 5.04. The molecule has 4 nitrogen and oxygen atoms in total. The fourth-order valence-corrected chi connectivity index (χ4v) is 3.54. The van der Waals surface area contributed by atoms with E-state index in [1.165, 1.54) is 0 Å². The zero-order valence-corrected chi connectivity index (χ0v) is 13.9. The number of esters is 1. The van der Waals surface area contributed by atoms with Gasteiger partial charge < -0.3 is 10.1 Å². The number of hydrogen-bond acceptors (Lipinski definition) is 3. The SMILES string of the molecule is CC1=C(C(=O)Nc2ccc(C)cc2)C2(CCC(C)CC2)OC1=O. The van der Waals surface area contributed by atoms with E-state index in [-0.39, 0.29) is 11.9 Å². The molecule has 0 saturated heterocycles. The van der Waals surface area contributed by atoms with Gasteiger partial charge in [-0.3, -0.25) is 4.79 Å². The van der Waals surface area contributed by atoms with Crippen LogP contribution in [0.4, 0.5) is 5.69 Å². The number of benzene rings is 1. The maximum absolute atomic E-state index is 12.8. The van der Waals surface area contributed by atoms with Gasteiger partial charge >= 0.3 is 5.97 Å². The number of carbonyl (C=O) groups excluding carboxylic acids is 2. The van der Waals surface area contributed by atoms with Crippen LogP contribution in [0.1, 0.15) is 45.1 Å². The van der Waals surface area contributed by atoms with E-state index in [1.807, 2.05) is 31.2 Å². The van der Waals surface area contributed by atoms with Crippen LogP contribution in [-0.2, 0) is 14.3 Å². The number of aryl methyl sites for hydroxylation is 1. The van der Waals surface area contributed by atoms with Gasteiger partial charge in [0, 0.05) is 11.3 Å². The number of hydrogen-bond donors (Lipinski definition) is 1. The summed E-state index contributed by atoms with van der Waals surface area (Å²) < 4.78 is 5.67. The molecule has 4 heteroatoms. The fraction of sp³-hybridized carbons (Fsp3) is 0.474. The van der Waals surface area contributed by atoms with E-state index < -0.39 is 5.60 Å². The summed E-state index contributed by atoms with van der Waals surface area (Å²) in [6, 6.07) is 7.64. The molecule has 0 aromatic heterocycles. The summed E-state index contributed by atoms with van der Waals surface area (Å²) in [5.74, 6) is 0.0435. The van der Waals surface area contributed by atoms with Crippen LogP contribution in [0.15, 0.2) is 35.4 Å². The Kier molecular flexibility index (Phi) is 4.00. The molecule has 1 fully saturated rings. The van der Waals surface area contributed by atoms with Gasteiger partial charge in [0.05, 0.1) is 5.57 Å². The summed E-state index contributed by atoms with van der Waals surface area (Å²) in [5, 5.41) is 2.92. The second-order valence-corrected chi connectivity index (χ2v) is 6.89. The molecule has 0 radical (unpaired) electrons. The van der Waals surface area contributed by atoms with Gasteiger partial charge in [0.15, 0.2) is 0 Å². The summed E-state index contributed by atoms with van der Waals surface area (Å²) in [5.41, 5.74) is 2.12. The van der Waals surface area contributed by atoms with Gasteiger partial charge in [-0.15, -0.1) is 0 Å². The molecule has 122 valence electrons. The van der Waals surface area contributed by atoms with Crippen molar-refractivity contribution in [2.24, 2.45) is 5.92 Å². The third kappa shape index (κ3) is 2.90. The molecular weight excluding hydrogens is 290 g/mol. The summed E-state index contributed by atoms with van der Waals surface area (Å²) >= 11 is 0. The van der Waals surface area contributed by atoms with Crippen molar-refractivity contribution in [3.05, 3.63) is 41.0 Å². The maximum Gasteiger partial charge on any atom is 0.335 e. The molecule has 1 aliphatic carbocycles. The highest BCUT2D eigenvalue weighted by Gasteiger charge is 2.50. The zero-order chi connectivity index (χ0) is 16.6. The summed E-state index contributed by atoms with van der Waals surface area (Å²) in [4.78, 5) is 24.9. The molecular formula is C19H23NO3. The minimum Gasteiger partial charge on any atom is -0.451 e. The molecule has 1 aromatic carbocycles. The van der Waals surface area contributed by atoms with E-state index in [0.717, 1.165) is 36.9 Å². The molecule has 0 bridgehead atoms. The zero-order valence-electron chi connectivity index (χ0n) is 13.9. The first-order valence-electron chi connectivity index (χ1n) is 8.24. The second-order valence-electron chi connectivity index (χ2n) is 6.89. The predicted molar refractivity (Wildman–Crippen MR) is 89.0 cm³/mol. The number of anilines is 1. The summed E-state index contributed by atoms with van der Waals surface area (Å²) in [6.07, 6.45) is 3.41. The highest BCUT2D eigenvalue weighted by atomic mass is 16.6. The molecule has 1 amide bonds. The lowest BCUT2D eigenvalue weighted by atomic mass is 9.75. The lowest BCUT2D eigenvalue weighted by molar-refractivity contribution is -0.150. The average molecular weight is 313 g/mol. The second kappa shape index (κ2) is 5.84. The molecule has 1 aromatic rings. The molecule has 2 aliphatic rings. The standard InChI is InChI=1S/C19H23NO3/c1-12-4-6-15(7-5-12)20-17(21)16-14(3)18(22)23-19(16)10-8-13(2)9-11-19/h4-7,13H,8-11H2,1-3H3,(H,20,21). The Labute approximate surface area is 136 Å². The number of amides is 1. The van der Waals surface area contributed by atoms with Crippen LogP contribution < -0.4 is 5.32 Å². The molecule has 1 aliphatic heterocycles. The number of ether oxygens (including phenoxy) is 1. The molecule has 3 rings (SSSR count). The number of carbonyl (C=O) groups is 2. The third-order valence-corrected chi connectivity index (χ3v) is 5.04. The van der Waals surface area contributed by atoms with Crippen LogP contribution in [0.2, 0.25) is 0 Å². The normalized spacial score (nSPS) is 27.3. The first-order chi connectivity index (χ1) is 10.9. The number of nitrogens with one attached hydrogen (secondary N) is 1. The van der Waals surface area contributed by atoms with Gasteiger partial charge in [-0.05, 0) is 57.6 Å². The van der Waals surface area contributed by atoms with Crippen molar-refractivity contribution in [1.29, 1.82) is 0 Å². The Morgan fingerprint density at radius 3 is 2.39 bits per heavy atom. The van der Waals surface area contributed by atoms with Crippen LogP contribution >= 0.6 is 0 Å². The largest absolute Gasteiger partial charge is 0.451 e. The molecule has 1 heterocycles. The van der Waals surface area contributed by atoms with E-state index in [0.29, 0.717) is 17.1 Å². The van der Waals surface area contributed by atoms with Crippen molar-refractivity contribution in [3.8, 4) is 0 Å². The monoisotopic (exact) mass is 313 g/mol. The minimum absolute atomic E-state index is 0.216. The minimum atomic E-state index is -0.720. The lowest BCUT2D eigenvalue weighted by Gasteiger charge is -2.36.